The Morgan fingerprint density at radius 1 is 1.04 bits per heavy atom. The van der Waals surface area contributed by atoms with Crippen molar-refractivity contribution in [3.05, 3.63) is 88.8 Å². The number of ether oxygens (including phenoxy) is 2. The minimum Gasteiger partial charge on any atom is -0.494 e. The average Bonchev–Trinajstić information content (AvgIpc) is 3.94. The number of nitrogens with zero attached hydrogens (tertiary/aromatic N) is 3. The fourth-order valence-electron chi connectivity index (χ4n) is 5.61. The summed E-state index contributed by atoms with van der Waals surface area (Å²) in [4.78, 5) is 39.9. The third-order valence-electron chi connectivity index (χ3n) is 8.29. The number of allylic oxidation sites excluding steroid dienone is 2. The normalized spacial score (nSPS) is 17.0. The van der Waals surface area contributed by atoms with E-state index < -0.39 is 5.91 Å². The molecule has 2 aromatic carbocycles. The molecule has 1 unspecified atom stereocenters. The van der Waals surface area contributed by atoms with Gasteiger partial charge in [0.2, 0.25) is 5.91 Å². The number of methoxy groups -OCH3 is 1. The van der Waals surface area contributed by atoms with Gasteiger partial charge in [0.05, 0.1) is 31.2 Å². The number of benzene rings is 2. The average molecular weight is 624 g/mol. The van der Waals surface area contributed by atoms with Crippen molar-refractivity contribution in [2.45, 2.75) is 32.0 Å². The molecule has 0 saturated heterocycles. The highest BCUT2D eigenvalue weighted by molar-refractivity contribution is 6.00. The molecule has 2 aliphatic heterocycles. The van der Waals surface area contributed by atoms with E-state index in [-0.39, 0.29) is 35.3 Å². The summed E-state index contributed by atoms with van der Waals surface area (Å²) in [6.07, 6.45) is 6.08. The fourth-order valence-corrected chi connectivity index (χ4v) is 5.61. The number of fused-ring (bicyclic) bond motifs is 1. The highest BCUT2D eigenvalue weighted by atomic mass is 16.5. The molecule has 12 nitrogen and oxygen atoms in total. The molecule has 0 bridgehead atoms. The Bertz CT molecular complexity index is 1730. The second kappa shape index (κ2) is 13.4. The molecule has 1 aliphatic carbocycles. The summed E-state index contributed by atoms with van der Waals surface area (Å²) in [7, 11) is 4.86. The first-order valence-electron chi connectivity index (χ1n) is 15.3. The number of likely N-dealkylation sites (N-methyl/N-ethyl adjacent to an activating group) is 1. The Labute approximate surface area is 267 Å². The Morgan fingerprint density at radius 2 is 1.85 bits per heavy atom. The molecule has 0 spiro atoms. The molecule has 238 valence electrons. The van der Waals surface area contributed by atoms with Crippen molar-refractivity contribution in [2.24, 2.45) is 5.92 Å². The van der Waals surface area contributed by atoms with E-state index in [0.717, 1.165) is 30.4 Å². The summed E-state index contributed by atoms with van der Waals surface area (Å²) in [6, 6.07) is 15.4. The minimum atomic E-state index is -0.434. The number of para-hydroxylation sites is 1. The van der Waals surface area contributed by atoms with Gasteiger partial charge in [-0.05, 0) is 41.7 Å². The van der Waals surface area contributed by atoms with Crippen LogP contribution in [0.25, 0.3) is 5.57 Å². The summed E-state index contributed by atoms with van der Waals surface area (Å²) >= 11 is 0. The van der Waals surface area contributed by atoms with Crippen molar-refractivity contribution in [1.82, 2.24) is 25.7 Å². The van der Waals surface area contributed by atoms with E-state index in [0.29, 0.717) is 42.5 Å². The summed E-state index contributed by atoms with van der Waals surface area (Å²) in [5.41, 5.74) is 5.67. The van der Waals surface area contributed by atoms with E-state index in [1.165, 1.54) is 18.2 Å². The topological polar surface area (TPSA) is 147 Å². The molecule has 6 rings (SSSR count). The van der Waals surface area contributed by atoms with Crippen molar-refractivity contribution in [2.75, 3.05) is 44.9 Å². The van der Waals surface area contributed by atoms with Gasteiger partial charge >= 0.3 is 0 Å². The van der Waals surface area contributed by atoms with Gasteiger partial charge in [-0.15, -0.1) is 10.2 Å². The molecule has 3 aliphatic rings. The number of hydrogen-bond acceptors (Lipinski definition) is 9. The van der Waals surface area contributed by atoms with Crippen LogP contribution >= 0.6 is 0 Å². The van der Waals surface area contributed by atoms with Gasteiger partial charge in [0.15, 0.2) is 11.5 Å². The van der Waals surface area contributed by atoms with Crippen molar-refractivity contribution in [3.8, 4) is 5.75 Å². The molecule has 1 atom stereocenters. The highest BCUT2D eigenvalue weighted by Crippen LogP contribution is 2.37. The fraction of sp³-hybridized carbons (Fsp3) is 0.324. The smallest absolute Gasteiger partial charge is 0.273 e. The minimum absolute atomic E-state index is 0.0136. The predicted molar refractivity (Wildman–Crippen MR) is 173 cm³/mol. The van der Waals surface area contributed by atoms with E-state index in [1.54, 1.807) is 31.2 Å². The van der Waals surface area contributed by atoms with Crippen LogP contribution in [0.5, 0.6) is 5.75 Å². The molecule has 1 fully saturated rings. The maximum absolute atomic E-state index is 13.3. The molecule has 12 heteroatoms. The second-order valence-electron chi connectivity index (χ2n) is 11.6. The van der Waals surface area contributed by atoms with E-state index in [4.69, 9.17) is 9.47 Å². The number of nitrogens with one attached hydrogen (secondary N) is 4. The number of carbonyl (C=O) groups excluding carboxylic acids is 3. The van der Waals surface area contributed by atoms with E-state index >= 15 is 0 Å². The zero-order chi connectivity index (χ0) is 32.2. The Kier molecular flexibility index (Phi) is 8.97. The number of anilines is 3. The van der Waals surface area contributed by atoms with E-state index in [1.807, 2.05) is 36.4 Å². The number of carbonyl (C=O) groups is 3. The molecule has 0 radical (unpaired) electrons. The molecule has 1 aromatic heterocycles. The van der Waals surface area contributed by atoms with Crippen LogP contribution in [-0.4, -0.2) is 73.2 Å². The van der Waals surface area contributed by atoms with Crippen LogP contribution < -0.4 is 26.0 Å². The molecule has 4 N–H and O–H groups in total. The lowest BCUT2D eigenvalue weighted by atomic mass is 9.99. The molecule has 3 heterocycles. The van der Waals surface area contributed by atoms with Gasteiger partial charge in [-0.2, -0.15) is 0 Å². The first kappa shape index (κ1) is 30.8. The van der Waals surface area contributed by atoms with E-state index in [9.17, 15) is 14.4 Å². The zero-order valence-corrected chi connectivity index (χ0v) is 26.1. The SMILES string of the molecule is CNC(=O)c1nnc(NC(=O)C2CC2)cc1Nc1cccc(C2=CC=C(C(=O)N(C)CC3Cc4ccccc4CO3)NC2)c1OC. The van der Waals surface area contributed by atoms with Crippen molar-refractivity contribution >= 4 is 40.5 Å². The lowest BCUT2D eigenvalue weighted by Crippen LogP contribution is -2.41. The molecule has 3 amide bonds. The Balaban J connectivity index is 1.18. The lowest BCUT2D eigenvalue weighted by Gasteiger charge is -2.30. The summed E-state index contributed by atoms with van der Waals surface area (Å²) in [5.74, 6) is 0.102. The van der Waals surface area contributed by atoms with Crippen LogP contribution in [-0.2, 0) is 27.4 Å². The summed E-state index contributed by atoms with van der Waals surface area (Å²) in [5, 5.41) is 20.0. The predicted octanol–water partition coefficient (Wildman–Crippen LogP) is 3.41. The molecule has 1 saturated carbocycles. The van der Waals surface area contributed by atoms with Gasteiger partial charge in [0.1, 0.15) is 11.4 Å². The van der Waals surface area contributed by atoms with Gasteiger partial charge < -0.3 is 35.6 Å². The third kappa shape index (κ3) is 6.71. The van der Waals surface area contributed by atoms with Gasteiger partial charge in [0, 0.05) is 51.2 Å². The van der Waals surface area contributed by atoms with E-state index in [2.05, 4.69) is 43.6 Å². The Hall–Kier alpha value is -5.23. The first-order valence-corrected chi connectivity index (χ1v) is 15.3. The van der Waals surface area contributed by atoms with Gasteiger partial charge in [-0.25, -0.2) is 0 Å². The monoisotopic (exact) mass is 623 g/mol. The van der Waals surface area contributed by atoms with Crippen molar-refractivity contribution in [1.29, 1.82) is 0 Å². The van der Waals surface area contributed by atoms with Gasteiger partial charge in [-0.1, -0.05) is 42.5 Å². The van der Waals surface area contributed by atoms with Gasteiger partial charge in [0.25, 0.3) is 11.8 Å². The quantitative estimate of drug-likeness (QED) is 0.267. The lowest BCUT2D eigenvalue weighted by molar-refractivity contribution is -0.128. The van der Waals surface area contributed by atoms with Crippen molar-refractivity contribution < 1.29 is 23.9 Å². The number of amides is 3. The number of dihydropyridines is 1. The second-order valence-corrected chi connectivity index (χ2v) is 11.6. The van der Waals surface area contributed by atoms with Gasteiger partial charge in [-0.3, -0.25) is 14.4 Å². The maximum atomic E-state index is 13.3. The molecule has 46 heavy (non-hydrogen) atoms. The summed E-state index contributed by atoms with van der Waals surface area (Å²) < 4.78 is 11.9. The third-order valence-corrected chi connectivity index (χ3v) is 8.29. The molecule has 3 aromatic rings. The first-order chi connectivity index (χ1) is 22.3. The largest absolute Gasteiger partial charge is 0.494 e. The van der Waals surface area contributed by atoms with Crippen LogP contribution in [0, 0.1) is 5.92 Å². The summed E-state index contributed by atoms with van der Waals surface area (Å²) in [6.45, 7) is 1.43. The van der Waals surface area contributed by atoms with Crippen LogP contribution in [0.4, 0.5) is 17.2 Å². The van der Waals surface area contributed by atoms with Crippen molar-refractivity contribution in [3.63, 3.8) is 0 Å². The van der Waals surface area contributed by atoms with Crippen LogP contribution in [0.3, 0.4) is 0 Å². The van der Waals surface area contributed by atoms with Crippen LogP contribution in [0.2, 0.25) is 0 Å². The Morgan fingerprint density at radius 3 is 2.57 bits per heavy atom. The van der Waals surface area contributed by atoms with Crippen LogP contribution in [0.15, 0.2) is 66.4 Å². The molecular formula is C34H37N7O5. The zero-order valence-electron chi connectivity index (χ0n) is 26.1. The maximum Gasteiger partial charge on any atom is 0.273 e. The molecular weight excluding hydrogens is 586 g/mol. The number of aromatic nitrogens is 2. The van der Waals surface area contributed by atoms with Crippen LogP contribution in [0.1, 0.15) is 40.0 Å². The standard InChI is InChI=1S/C34H37N7O5/c1-35-33(43)30-28(16-29(39-40-30)38-32(42)20-11-12-20)37-26-10-6-9-25(31(26)45-3)22-13-14-27(36-17-22)34(44)41(2)18-24-15-21-7-4-5-8-23(21)19-46-24/h4-10,13-14,16,20,24,36H,11-12,15,17-19H2,1-3H3,(H,35,43)(H2,37,38,39,42). The number of rotatable bonds is 10. The number of hydrogen-bond donors (Lipinski definition) is 4. The highest BCUT2D eigenvalue weighted by Gasteiger charge is 2.30.